The van der Waals surface area contributed by atoms with Crippen molar-refractivity contribution in [1.29, 1.82) is 0 Å². The Morgan fingerprint density at radius 2 is 2.00 bits per heavy atom. The SMILES string of the molecule is Cc1ccc(Cl)cc1NC(=S)Nc1ccn(Cc2ccccc2F)n1. The number of aryl methyl sites for hydroxylation is 1. The molecular weight excluding hydrogens is 359 g/mol. The Morgan fingerprint density at radius 1 is 1.20 bits per heavy atom. The second-order valence-corrected chi connectivity index (χ2v) is 6.37. The van der Waals surface area contributed by atoms with Crippen molar-refractivity contribution < 1.29 is 4.39 Å². The van der Waals surface area contributed by atoms with E-state index in [4.69, 9.17) is 23.8 Å². The minimum absolute atomic E-state index is 0.249. The number of thiocarbonyl (C=S) groups is 1. The average molecular weight is 375 g/mol. The number of hydrogen-bond acceptors (Lipinski definition) is 2. The van der Waals surface area contributed by atoms with Gasteiger partial charge in [0, 0.05) is 28.5 Å². The largest absolute Gasteiger partial charge is 0.332 e. The maximum absolute atomic E-state index is 13.7. The highest BCUT2D eigenvalue weighted by Crippen LogP contribution is 2.20. The quantitative estimate of drug-likeness (QED) is 0.641. The van der Waals surface area contributed by atoms with Gasteiger partial charge in [-0.1, -0.05) is 35.9 Å². The fraction of sp³-hybridized carbons (Fsp3) is 0.111. The summed E-state index contributed by atoms with van der Waals surface area (Å²) < 4.78 is 15.4. The first-order valence-electron chi connectivity index (χ1n) is 7.62. The lowest BCUT2D eigenvalue weighted by Gasteiger charge is -2.11. The molecule has 0 amide bonds. The van der Waals surface area contributed by atoms with Crippen LogP contribution in [0.1, 0.15) is 11.1 Å². The number of anilines is 2. The van der Waals surface area contributed by atoms with Crippen molar-refractivity contribution in [2.45, 2.75) is 13.5 Å². The molecule has 7 heteroatoms. The molecule has 0 atom stereocenters. The van der Waals surface area contributed by atoms with E-state index in [0.29, 0.717) is 28.1 Å². The van der Waals surface area contributed by atoms with E-state index in [9.17, 15) is 4.39 Å². The highest BCUT2D eigenvalue weighted by Gasteiger charge is 2.07. The van der Waals surface area contributed by atoms with Crippen molar-refractivity contribution >= 4 is 40.4 Å². The Bertz CT molecular complexity index is 910. The van der Waals surface area contributed by atoms with Gasteiger partial charge in [-0.2, -0.15) is 5.10 Å². The molecule has 0 saturated heterocycles. The highest BCUT2D eigenvalue weighted by atomic mass is 35.5. The zero-order chi connectivity index (χ0) is 17.8. The second-order valence-electron chi connectivity index (χ2n) is 5.53. The lowest BCUT2D eigenvalue weighted by Crippen LogP contribution is -2.20. The zero-order valence-electron chi connectivity index (χ0n) is 13.5. The van der Waals surface area contributed by atoms with Crippen LogP contribution in [0.15, 0.2) is 54.7 Å². The molecule has 2 N–H and O–H groups in total. The third-order valence-corrected chi connectivity index (χ3v) is 4.06. The molecule has 0 spiro atoms. The van der Waals surface area contributed by atoms with Gasteiger partial charge < -0.3 is 10.6 Å². The van der Waals surface area contributed by atoms with Crippen LogP contribution in [0.2, 0.25) is 5.02 Å². The van der Waals surface area contributed by atoms with Gasteiger partial charge in [-0.3, -0.25) is 4.68 Å². The van der Waals surface area contributed by atoms with E-state index in [-0.39, 0.29) is 5.82 Å². The van der Waals surface area contributed by atoms with Crippen LogP contribution in [0.4, 0.5) is 15.9 Å². The molecule has 0 radical (unpaired) electrons. The van der Waals surface area contributed by atoms with Crippen molar-refractivity contribution in [3.63, 3.8) is 0 Å². The lowest BCUT2D eigenvalue weighted by atomic mass is 10.2. The van der Waals surface area contributed by atoms with Crippen LogP contribution >= 0.6 is 23.8 Å². The molecule has 0 saturated carbocycles. The minimum atomic E-state index is -0.249. The summed E-state index contributed by atoms with van der Waals surface area (Å²) >= 11 is 11.3. The van der Waals surface area contributed by atoms with Gasteiger partial charge in [0.1, 0.15) is 5.82 Å². The molecule has 4 nitrogen and oxygen atoms in total. The van der Waals surface area contributed by atoms with E-state index in [1.807, 2.05) is 25.1 Å². The summed E-state index contributed by atoms with van der Waals surface area (Å²) in [4.78, 5) is 0. The molecule has 0 aliphatic heterocycles. The van der Waals surface area contributed by atoms with Crippen LogP contribution in [0.3, 0.4) is 0 Å². The van der Waals surface area contributed by atoms with Crippen LogP contribution in [0, 0.1) is 12.7 Å². The highest BCUT2D eigenvalue weighted by molar-refractivity contribution is 7.80. The van der Waals surface area contributed by atoms with Gasteiger partial charge in [-0.15, -0.1) is 0 Å². The van der Waals surface area contributed by atoms with Crippen LogP contribution in [-0.4, -0.2) is 14.9 Å². The Labute approximate surface area is 155 Å². The van der Waals surface area contributed by atoms with Crippen molar-refractivity contribution in [3.8, 4) is 0 Å². The van der Waals surface area contributed by atoms with E-state index >= 15 is 0 Å². The molecule has 128 valence electrons. The van der Waals surface area contributed by atoms with Gasteiger partial charge in [-0.05, 0) is 42.9 Å². The monoisotopic (exact) mass is 374 g/mol. The lowest BCUT2D eigenvalue weighted by molar-refractivity contribution is 0.586. The van der Waals surface area contributed by atoms with E-state index in [2.05, 4.69) is 15.7 Å². The Kier molecular flexibility index (Phi) is 5.31. The third-order valence-electron chi connectivity index (χ3n) is 3.62. The summed E-state index contributed by atoms with van der Waals surface area (Å²) in [5, 5.41) is 11.5. The molecule has 3 aromatic rings. The fourth-order valence-corrected chi connectivity index (χ4v) is 2.70. The number of nitrogens with one attached hydrogen (secondary N) is 2. The molecule has 0 aliphatic carbocycles. The minimum Gasteiger partial charge on any atom is -0.332 e. The Balaban J connectivity index is 1.64. The molecule has 0 fully saturated rings. The number of aromatic nitrogens is 2. The van der Waals surface area contributed by atoms with E-state index in [1.165, 1.54) is 6.07 Å². The number of nitrogens with zero attached hydrogens (tertiary/aromatic N) is 2. The average Bonchev–Trinajstić information content (AvgIpc) is 3.00. The van der Waals surface area contributed by atoms with Crippen molar-refractivity contribution in [2.75, 3.05) is 10.6 Å². The van der Waals surface area contributed by atoms with Gasteiger partial charge in [0.25, 0.3) is 0 Å². The van der Waals surface area contributed by atoms with Crippen molar-refractivity contribution in [3.05, 3.63) is 76.7 Å². The first-order valence-corrected chi connectivity index (χ1v) is 8.41. The second kappa shape index (κ2) is 7.63. The molecule has 25 heavy (non-hydrogen) atoms. The number of benzene rings is 2. The summed E-state index contributed by atoms with van der Waals surface area (Å²) in [7, 11) is 0. The van der Waals surface area contributed by atoms with Gasteiger partial charge in [-0.25, -0.2) is 4.39 Å². The Morgan fingerprint density at radius 3 is 2.80 bits per heavy atom. The summed E-state index contributed by atoms with van der Waals surface area (Å²) in [6.07, 6.45) is 1.77. The van der Waals surface area contributed by atoms with Crippen LogP contribution in [-0.2, 0) is 6.54 Å². The van der Waals surface area contributed by atoms with Gasteiger partial charge in [0.15, 0.2) is 10.9 Å². The van der Waals surface area contributed by atoms with Crippen molar-refractivity contribution in [1.82, 2.24) is 9.78 Å². The van der Waals surface area contributed by atoms with Crippen molar-refractivity contribution in [2.24, 2.45) is 0 Å². The molecule has 3 rings (SSSR count). The number of hydrogen-bond donors (Lipinski definition) is 2. The van der Waals surface area contributed by atoms with Gasteiger partial charge in [0.05, 0.1) is 6.54 Å². The first-order chi connectivity index (χ1) is 12.0. The predicted octanol–water partition coefficient (Wildman–Crippen LogP) is 4.84. The molecule has 2 aromatic carbocycles. The molecule has 0 aliphatic rings. The standard InChI is InChI=1S/C18H16ClFN4S/c1-12-6-7-14(19)10-16(12)21-18(25)22-17-8-9-24(23-17)11-13-4-2-3-5-15(13)20/h2-10H,11H2,1H3,(H2,21,22,23,25). The maximum atomic E-state index is 13.7. The van der Waals surface area contributed by atoms with E-state index in [1.54, 1.807) is 35.1 Å². The fourth-order valence-electron chi connectivity index (χ4n) is 2.32. The van der Waals surface area contributed by atoms with E-state index < -0.39 is 0 Å². The topological polar surface area (TPSA) is 41.9 Å². The molecule has 1 aromatic heterocycles. The Hall–Kier alpha value is -2.44. The van der Waals surface area contributed by atoms with Gasteiger partial charge in [0.2, 0.25) is 0 Å². The van der Waals surface area contributed by atoms with E-state index in [0.717, 1.165) is 11.3 Å². The summed E-state index contributed by atoms with van der Waals surface area (Å²) in [5.41, 5.74) is 2.43. The summed E-state index contributed by atoms with van der Waals surface area (Å²) in [5.74, 6) is 0.328. The van der Waals surface area contributed by atoms with Crippen LogP contribution in [0.25, 0.3) is 0 Å². The smallest absolute Gasteiger partial charge is 0.176 e. The predicted molar refractivity (Wildman–Crippen MR) is 104 cm³/mol. The molecule has 1 heterocycles. The van der Waals surface area contributed by atoms with Gasteiger partial charge >= 0.3 is 0 Å². The maximum Gasteiger partial charge on any atom is 0.176 e. The molecule has 0 unspecified atom stereocenters. The summed E-state index contributed by atoms with van der Waals surface area (Å²) in [6.45, 7) is 2.31. The first kappa shape index (κ1) is 17.4. The third kappa shape index (κ3) is 4.55. The van der Waals surface area contributed by atoms with Crippen LogP contribution < -0.4 is 10.6 Å². The number of halogens is 2. The summed E-state index contributed by atoms with van der Waals surface area (Å²) in [6, 6.07) is 14.0. The normalized spacial score (nSPS) is 10.5. The van der Waals surface area contributed by atoms with Crippen LogP contribution in [0.5, 0.6) is 0 Å². The molecular formula is C18H16ClFN4S. The molecule has 0 bridgehead atoms. The number of rotatable bonds is 4. The zero-order valence-corrected chi connectivity index (χ0v) is 15.0.